The molecule has 6 heteroatoms. The van der Waals surface area contributed by atoms with Gasteiger partial charge in [0.15, 0.2) is 0 Å². The zero-order chi connectivity index (χ0) is 16.1. The van der Waals surface area contributed by atoms with Crippen LogP contribution in [-0.2, 0) is 19.7 Å². The van der Waals surface area contributed by atoms with E-state index in [2.05, 4.69) is 15.9 Å². The van der Waals surface area contributed by atoms with E-state index in [1.165, 1.54) is 7.11 Å². The standard InChI is InChI=1S/C16H16BrNO4/c1-3-12(14(20)22-2)18-13(19)10-5-4-9(17)8-11(10)16(6-7-16)15(18)21/h4-5,8,12H,3,6-7H2,1-2H3. The topological polar surface area (TPSA) is 63.7 Å². The molecule has 1 aliphatic carbocycles. The minimum atomic E-state index is -0.862. The van der Waals surface area contributed by atoms with E-state index >= 15 is 0 Å². The SMILES string of the molecule is CCC(C(=O)OC)N1C(=O)c2ccc(Br)cc2C2(CC2)C1=O. The number of hydrogen-bond acceptors (Lipinski definition) is 4. The molecule has 1 aliphatic heterocycles. The Morgan fingerprint density at radius 1 is 1.41 bits per heavy atom. The highest BCUT2D eigenvalue weighted by atomic mass is 79.9. The molecule has 5 nitrogen and oxygen atoms in total. The number of carbonyl (C=O) groups excluding carboxylic acids is 3. The summed E-state index contributed by atoms with van der Waals surface area (Å²) in [5, 5.41) is 0. The molecule has 0 aromatic heterocycles. The summed E-state index contributed by atoms with van der Waals surface area (Å²) in [6, 6.07) is 4.47. The summed E-state index contributed by atoms with van der Waals surface area (Å²) in [4.78, 5) is 38.7. The molecule has 1 aromatic carbocycles. The van der Waals surface area contributed by atoms with Gasteiger partial charge in [-0.1, -0.05) is 22.9 Å². The van der Waals surface area contributed by atoms with Crippen molar-refractivity contribution in [3.05, 3.63) is 33.8 Å². The van der Waals surface area contributed by atoms with Crippen molar-refractivity contribution in [2.75, 3.05) is 7.11 Å². The van der Waals surface area contributed by atoms with Crippen LogP contribution in [0.2, 0.25) is 0 Å². The minimum Gasteiger partial charge on any atom is -0.467 e. The fourth-order valence-electron chi connectivity index (χ4n) is 3.15. The van der Waals surface area contributed by atoms with E-state index in [-0.39, 0.29) is 5.91 Å². The second-order valence-corrected chi connectivity index (χ2v) is 6.62. The van der Waals surface area contributed by atoms with E-state index in [0.29, 0.717) is 24.8 Å². The Kier molecular flexibility index (Phi) is 3.59. The molecule has 2 aliphatic rings. The number of amides is 2. The van der Waals surface area contributed by atoms with Gasteiger partial charge in [0.1, 0.15) is 6.04 Å². The maximum atomic E-state index is 12.9. The van der Waals surface area contributed by atoms with E-state index in [4.69, 9.17) is 4.74 Å². The van der Waals surface area contributed by atoms with Gasteiger partial charge in [-0.15, -0.1) is 0 Å². The monoisotopic (exact) mass is 365 g/mol. The predicted molar refractivity (Wildman–Crippen MR) is 82.3 cm³/mol. The zero-order valence-electron chi connectivity index (χ0n) is 12.4. The van der Waals surface area contributed by atoms with E-state index in [1.807, 2.05) is 6.07 Å². The normalized spacial score (nSPS) is 19.9. The van der Waals surface area contributed by atoms with Crippen LogP contribution in [0.15, 0.2) is 22.7 Å². The van der Waals surface area contributed by atoms with E-state index in [0.717, 1.165) is 14.9 Å². The molecule has 1 heterocycles. The van der Waals surface area contributed by atoms with Crippen LogP contribution in [0.1, 0.15) is 42.1 Å². The molecule has 0 N–H and O–H groups in total. The highest BCUT2D eigenvalue weighted by Gasteiger charge is 2.60. The summed E-state index contributed by atoms with van der Waals surface area (Å²) in [5.41, 5.74) is 0.629. The Morgan fingerprint density at radius 3 is 2.64 bits per heavy atom. The number of hydrogen-bond donors (Lipinski definition) is 0. The van der Waals surface area contributed by atoms with E-state index in [9.17, 15) is 14.4 Å². The van der Waals surface area contributed by atoms with Crippen LogP contribution in [0.25, 0.3) is 0 Å². The van der Waals surface area contributed by atoms with Gasteiger partial charge < -0.3 is 4.74 Å². The van der Waals surface area contributed by atoms with Crippen LogP contribution in [0.3, 0.4) is 0 Å². The molecule has 3 rings (SSSR count). The average molecular weight is 366 g/mol. The van der Waals surface area contributed by atoms with Crippen molar-refractivity contribution in [2.45, 2.75) is 37.6 Å². The first-order chi connectivity index (χ1) is 10.5. The number of halogens is 1. The molecule has 1 saturated carbocycles. The van der Waals surface area contributed by atoms with Gasteiger partial charge in [0.25, 0.3) is 5.91 Å². The second kappa shape index (κ2) is 5.19. The number of esters is 1. The van der Waals surface area contributed by atoms with Crippen molar-refractivity contribution >= 4 is 33.7 Å². The Morgan fingerprint density at radius 2 is 2.09 bits per heavy atom. The molecule has 116 valence electrons. The number of carbonyl (C=O) groups is 3. The number of ether oxygens (including phenoxy) is 1. The van der Waals surface area contributed by atoms with Crippen LogP contribution in [0.4, 0.5) is 0 Å². The maximum Gasteiger partial charge on any atom is 0.329 e. The number of nitrogens with zero attached hydrogens (tertiary/aromatic N) is 1. The fraction of sp³-hybridized carbons (Fsp3) is 0.438. The van der Waals surface area contributed by atoms with Crippen LogP contribution in [0.5, 0.6) is 0 Å². The quantitative estimate of drug-likeness (QED) is 0.609. The van der Waals surface area contributed by atoms with Crippen molar-refractivity contribution < 1.29 is 19.1 Å². The summed E-state index contributed by atoms with van der Waals surface area (Å²) >= 11 is 3.39. The smallest absolute Gasteiger partial charge is 0.329 e. The van der Waals surface area contributed by atoms with Gasteiger partial charge >= 0.3 is 5.97 Å². The summed E-state index contributed by atoms with van der Waals surface area (Å²) in [6.07, 6.45) is 1.75. The van der Waals surface area contributed by atoms with Crippen LogP contribution in [-0.4, -0.2) is 35.8 Å². The molecule has 1 unspecified atom stereocenters. The van der Waals surface area contributed by atoms with Gasteiger partial charge in [-0.05, 0) is 43.0 Å². The lowest BCUT2D eigenvalue weighted by atomic mass is 9.84. The maximum absolute atomic E-state index is 12.9. The largest absolute Gasteiger partial charge is 0.467 e. The third-order valence-corrected chi connectivity index (χ3v) is 4.99. The fourth-order valence-corrected chi connectivity index (χ4v) is 3.51. The van der Waals surface area contributed by atoms with Crippen molar-refractivity contribution in [2.24, 2.45) is 0 Å². The van der Waals surface area contributed by atoms with Crippen molar-refractivity contribution in [3.63, 3.8) is 0 Å². The average Bonchev–Trinajstić information content (AvgIpc) is 3.31. The van der Waals surface area contributed by atoms with Crippen LogP contribution < -0.4 is 0 Å². The van der Waals surface area contributed by atoms with Gasteiger partial charge in [0.05, 0.1) is 12.5 Å². The van der Waals surface area contributed by atoms with Gasteiger partial charge in [0.2, 0.25) is 5.91 Å². The number of rotatable bonds is 3. The lowest BCUT2D eigenvalue weighted by Crippen LogP contribution is -2.55. The number of benzene rings is 1. The highest BCUT2D eigenvalue weighted by molar-refractivity contribution is 9.10. The lowest BCUT2D eigenvalue weighted by Gasteiger charge is -2.36. The van der Waals surface area contributed by atoms with Crippen LogP contribution >= 0.6 is 15.9 Å². The number of imide groups is 1. The molecule has 0 radical (unpaired) electrons. The first-order valence-corrected chi connectivity index (χ1v) is 8.01. The van der Waals surface area contributed by atoms with Crippen molar-refractivity contribution in [1.29, 1.82) is 0 Å². The summed E-state index contributed by atoms with van der Waals surface area (Å²) < 4.78 is 5.60. The molecule has 1 spiro atoms. The third-order valence-electron chi connectivity index (χ3n) is 4.50. The molecule has 1 fully saturated rings. The van der Waals surface area contributed by atoms with Gasteiger partial charge in [-0.2, -0.15) is 0 Å². The number of fused-ring (bicyclic) bond motifs is 2. The second-order valence-electron chi connectivity index (χ2n) is 5.70. The molecule has 1 aromatic rings. The van der Waals surface area contributed by atoms with Gasteiger partial charge in [-0.3, -0.25) is 14.5 Å². The van der Waals surface area contributed by atoms with Crippen LogP contribution in [0, 0.1) is 0 Å². The van der Waals surface area contributed by atoms with E-state index < -0.39 is 23.3 Å². The minimum absolute atomic E-state index is 0.277. The van der Waals surface area contributed by atoms with Crippen molar-refractivity contribution in [3.8, 4) is 0 Å². The summed E-state index contributed by atoms with van der Waals surface area (Å²) in [7, 11) is 1.27. The van der Waals surface area contributed by atoms with Gasteiger partial charge in [0, 0.05) is 10.0 Å². The van der Waals surface area contributed by atoms with E-state index in [1.54, 1.807) is 19.1 Å². The summed E-state index contributed by atoms with van der Waals surface area (Å²) in [6.45, 7) is 1.76. The molecule has 22 heavy (non-hydrogen) atoms. The van der Waals surface area contributed by atoms with Crippen molar-refractivity contribution in [1.82, 2.24) is 4.90 Å². The Balaban J connectivity index is 2.12. The Bertz CT molecular complexity index is 681. The molecule has 0 saturated heterocycles. The number of methoxy groups -OCH3 is 1. The summed E-state index contributed by atoms with van der Waals surface area (Å²) in [5.74, 6) is -1.25. The van der Waals surface area contributed by atoms with Gasteiger partial charge in [-0.25, -0.2) is 4.79 Å². The molecule has 1 atom stereocenters. The Hall–Kier alpha value is -1.69. The molecular weight excluding hydrogens is 350 g/mol. The highest BCUT2D eigenvalue weighted by Crippen LogP contribution is 2.54. The first-order valence-electron chi connectivity index (χ1n) is 7.22. The Labute approximate surface area is 136 Å². The molecule has 0 bridgehead atoms. The third kappa shape index (κ3) is 2.00. The first kappa shape index (κ1) is 15.2. The zero-order valence-corrected chi connectivity index (χ0v) is 14.0. The molecule has 2 amide bonds. The predicted octanol–water partition coefficient (Wildman–Crippen LogP) is 2.41. The molecular formula is C16H16BrNO4. The lowest BCUT2D eigenvalue weighted by molar-refractivity contribution is -0.152.